The standard InChI is InChI=1S/C23H20ClNO3/c1-2-16-3-5-17(6-4-16)22(26)15-28-21-13-11-20(12-14-21)25-23(27)18-7-9-19(24)10-8-18/h3-14H,2,15H2,1H3,(H,25,27). The molecule has 0 saturated carbocycles. The molecule has 3 aromatic carbocycles. The molecule has 0 aromatic heterocycles. The number of halogens is 1. The molecule has 4 nitrogen and oxygen atoms in total. The Morgan fingerprint density at radius 1 is 0.857 bits per heavy atom. The van der Waals surface area contributed by atoms with E-state index in [-0.39, 0.29) is 18.3 Å². The Kier molecular flexibility index (Phi) is 6.45. The van der Waals surface area contributed by atoms with Gasteiger partial charge in [-0.05, 0) is 60.5 Å². The number of amides is 1. The molecule has 1 amide bonds. The lowest BCUT2D eigenvalue weighted by molar-refractivity contribution is 0.0921. The Balaban J connectivity index is 1.54. The van der Waals surface area contributed by atoms with Crippen molar-refractivity contribution in [2.24, 2.45) is 0 Å². The maximum atomic E-state index is 12.2. The number of Topliss-reactive ketones (excluding diaryl/α,β-unsaturated/α-hetero) is 1. The van der Waals surface area contributed by atoms with Crippen molar-refractivity contribution in [2.75, 3.05) is 11.9 Å². The van der Waals surface area contributed by atoms with Crippen molar-refractivity contribution in [1.29, 1.82) is 0 Å². The lowest BCUT2D eigenvalue weighted by Crippen LogP contribution is -2.12. The Morgan fingerprint density at radius 3 is 2.07 bits per heavy atom. The third-order valence-corrected chi connectivity index (χ3v) is 4.52. The topological polar surface area (TPSA) is 55.4 Å². The van der Waals surface area contributed by atoms with Crippen LogP contribution in [0, 0.1) is 0 Å². The minimum absolute atomic E-state index is 0.0397. The number of benzene rings is 3. The number of hydrogen-bond acceptors (Lipinski definition) is 3. The number of anilines is 1. The number of carbonyl (C=O) groups is 2. The lowest BCUT2D eigenvalue weighted by Gasteiger charge is -2.08. The van der Waals surface area contributed by atoms with Crippen molar-refractivity contribution in [2.45, 2.75) is 13.3 Å². The predicted molar refractivity (Wildman–Crippen MR) is 111 cm³/mol. The molecule has 0 aliphatic rings. The van der Waals surface area contributed by atoms with Gasteiger partial charge in [-0.25, -0.2) is 0 Å². The van der Waals surface area contributed by atoms with Crippen LogP contribution in [0.15, 0.2) is 72.8 Å². The Morgan fingerprint density at radius 2 is 1.46 bits per heavy atom. The van der Waals surface area contributed by atoms with Gasteiger partial charge in [0.2, 0.25) is 0 Å². The molecule has 0 aliphatic carbocycles. The smallest absolute Gasteiger partial charge is 0.255 e. The van der Waals surface area contributed by atoms with E-state index in [1.54, 1.807) is 48.5 Å². The fourth-order valence-electron chi connectivity index (χ4n) is 2.60. The van der Waals surface area contributed by atoms with Crippen LogP contribution in [-0.2, 0) is 6.42 Å². The highest BCUT2D eigenvalue weighted by Gasteiger charge is 2.08. The molecule has 0 atom stereocenters. The number of hydrogen-bond donors (Lipinski definition) is 1. The third kappa shape index (κ3) is 5.21. The van der Waals surface area contributed by atoms with E-state index < -0.39 is 0 Å². The van der Waals surface area contributed by atoms with E-state index in [1.165, 1.54) is 5.56 Å². The average Bonchev–Trinajstić information content (AvgIpc) is 2.73. The molecule has 0 unspecified atom stereocenters. The first-order valence-corrected chi connectivity index (χ1v) is 9.35. The summed E-state index contributed by atoms with van der Waals surface area (Å²) in [5.41, 5.74) is 2.97. The van der Waals surface area contributed by atoms with Gasteiger partial charge in [-0.15, -0.1) is 0 Å². The van der Waals surface area contributed by atoms with Crippen LogP contribution in [0.5, 0.6) is 5.75 Å². The molecule has 1 N–H and O–H groups in total. The molecule has 0 fully saturated rings. The molecule has 0 spiro atoms. The normalized spacial score (nSPS) is 10.4. The number of ether oxygens (including phenoxy) is 1. The van der Waals surface area contributed by atoms with Gasteiger partial charge in [0.05, 0.1) is 0 Å². The van der Waals surface area contributed by atoms with Gasteiger partial charge >= 0.3 is 0 Å². The van der Waals surface area contributed by atoms with Crippen LogP contribution in [-0.4, -0.2) is 18.3 Å². The number of aryl methyl sites for hydroxylation is 1. The zero-order chi connectivity index (χ0) is 19.9. The first-order chi connectivity index (χ1) is 13.5. The highest BCUT2D eigenvalue weighted by Crippen LogP contribution is 2.18. The predicted octanol–water partition coefficient (Wildman–Crippen LogP) is 5.42. The second-order valence-corrected chi connectivity index (χ2v) is 6.68. The second-order valence-electron chi connectivity index (χ2n) is 6.25. The monoisotopic (exact) mass is 393 g/mol. The number of carbonyl (C=O) groups excluding carboxylic acids is 2. The summed E-state index contributed by atoms with van der Waals surface area (Å²) in [5, 5.41) is 3.38. The van der Waals surface area contributed by atoms with Gasteiger partial charge < -0.3 is 10.1 Å². The van der Waals surface area contributed by atoms with E-state index in [2.05, 4.69) is 12.2 Å². The quantitative estimate of drug-likeness (QED) is 0.545. The Bertz CT molecular complexity index is 949. The summed E-state index contributed by atoms with van der Waals surface area (Å²) >= 11 is 5.83. The van der Waals surface area contributed by atoms with Crippen LogP contribution in [0.1, 0.15) is 33.2 Å². The van der Waals surface area contributed by atoms with Crippen molar-refractivity contribution >= 4 is 29.0 Å². The average molecular weight is 394 g/mol. The zero-order valence-corrected chi connectivity index (χ0v) is 16.2. The lowest BCUT2D eigenvalue weighted by atomic mass is 10.1. The summed E-state index contributed by atoms with van der Waals surface area (Å²) in [7, 11) is 0. The number of nitrogens with one attached hydrogen (secondary N) is 1. The molecular formula is C23H20ClNO3. The van der Waals surface area contributed by atoms with Crippen molar-refractivity contribution in [3.05, 3.63) is 94.5 Å². The van der Waals surface area contributed by atoms with Crippen molar-refractivity contribution in [1.82, 2.24) is 0 Å². The van der Waals surface area contributed by atoms with Gasteiger partial charge in [0, 0.05) is 21.8 Å². The zero-order valence-electron chi connectivity index (χ0n) is 15.4. The molecule has 142 valence electrons. The number of ketones is 1. The fraction of sp³-hybridized carbons (Fsp3) is 0.130. The third-order valence-electron chi connectivity index (χ3n) is 4.27. The first-order valence-electron chi connectivity index (χ1n) is 8.97. The maximum absolute atomic E-state index is 12.2. The highest BCUT2D eigenvalue weighted by atomic mass is 35.5. The van der Waals surface area contributed by atoms with Crippen LogP contribution in [0.4, 0.5) is 5.69 Å². The first kappa shape index (κ1) is 19.6. The highest BCUT2D eigenvalue weighted by molar-refractivity contribution is 6.30. The van der Waals surface area contributed by atoms with Gasteiger partial charge in [-0.2, -0.15) is 0 Å². The fourth-order valence-corrected chi connectivity index (χ4v) is 2.72. The molecule has 0 saturated heterocycles. The van der Waals surface area contributed by atoms with Crippen LogP contribution < -0.4 is 10.1 Å². The van der Waals surface area contributed by atoms with Gasteiger partial charge in [0.15, 0.2) is 12.4 Å². The molecular weight excluding hydrogens is 374 g/mol. The van der Waals surface area contributed by atoms with E-state index in [0.717, 1.165) is 6.42 Å². The summed E-state index contributed by atoms with van der Waals surface area (Å²) in [5.74, 6) is 0.252. The van der Waals surface area contributed by atoms with Gasteiger partial charge in [-0.3, -0.25) is 9.59 Å². The van der Waals surface area contributed by atoms with Crippen LogP contribution in [0.25, 0.3) is 0 Å². The van der Waals surface area contributed by atoms with E-state index in [4.69, 9.17) is 16.3 Å². The molecule has 0 bridgehead atoms. The van der Waals surface area contributed by atoms with Crippen molar-refractivity contribution in [3.63, 3.8) is 0 Å². The van der Waals surface area contributed by atoms with Gasteiger partial charge in [-0.1, -0.05) is 42.8 Å². The van der Waals surface area contributed by atoms with Crippen LogP contribution in [0.2, 0.25) is 5.02 Å². The molecule has 0 aliphatic heterocycles. The summed E-state index contributed by atoms with van der Waals surface area (Å²) in [6, 6.07) is 21.1. The molecule has 5 heteroatoms. The van der Waals surface area contributed by atoms with Crippen LogP contribution in [0.3, 0.4) is 0 Å². The second kappa shape index (κ2) is 9.20. The van der Waals surface area contributed by atoms with Crippen LogP contribution >= 0.6 is 11.6 Å². The van der Waals surface area contributed by atoms with E-state index in [9.17, 15) is 9.59 Å². The molecule has 3 rings (SSSR count). The minimum Gasteiger partial charge on any atom is -0.485 e. The Labute approximate surface area is 169 Å². The Hall–Kier alpha value is -3.11. The molecule has 28 heavy (non-hydrogen) atoms. The minimum atomic E-state index is -0.226. The molecule has 0 radical (unpaired) electrons. The SMILES string of the molecule is CCc1ccc(C(=O)COc2ccc(NC(=O)c3ccc(Cl)cc3)cc2)cc1. The summed E-state index contributed by atoms with van der Waals surface area (Å²) in [4.78, 5) is 24.4. The van der Waals surface area contributed by atoms with Crippen molar-refractivity contribution < 1.29 is 14.3 Å². The van der Waals surface area contributed by atoms with E-state index in [1.807, 2.05) is 24.3 Å². The molecule has 3 aromatic rings. The summed E-state index contributed by atoms with van der Waals surface area (Å²) < 4.78 is 5.56. The summed E-state index contributed by atoms with van der Waals surface area (Å²) in [6.45, 7) is 2.03. The van der Waals surface area contributed by atoms with Crippen molar-refractivity contribution in [3.8, 4) is 5.75 Å². The summed E-state index contributed by atoms with van der Waals surface area (Å²) in [6.07, 6.45) is 0.936. The van der Waals surface area contributed by atoms with E-state index >= 15 is 0 Å². The largest absolute Gasteiger partial charge is 0.485 e. The maximum Gasteiger partial charge on any atom is 0.255 e. The van der Waals surface area contributed by atoms with E-state index in [0.29, 0.717) is 27.6 Å². The number of rotatable bonds is 7. The molecule has 0 heterocycles. The van der Waals surface area contributed by atoms with Gasteiger partial charge in [0.25, 0.3) is 5.91 Å². The van der Waals surface area contributed by atoms with Gasteiger partial charge in [0.1, 0.15) is 5.75 Å².